The van der Waals surface area contributed by atoms with Gasteiger partial charge >= 0.3 is 5.97 Å². The second-order valence-corrected chi connectivity index (χ2v) is 7.44. The van der Waals surface area contributed by atoms with E-state index in [1.54, 1.807) is 42.8 Å². The van der Waals surface area contributed by atoms with Crippen molar-refractivity contribution in [1.29, 1.82) is 0 Å². The molecule has 0 aliphatic heterocycles. The molecule has 3 aromatic rings. The number of nitrogens with one attached hydrogen (secondary N) is 1. The van der Waals surface area contributed by atoms with Crippen LogP contribution in [0, 0.1) is 0 Å². The van der Waals surface area contributed by atoms with E-state index in [4.69, 9.17) is 22.5 Å². The summed E-state index contributed by atoms with van der Waals surface area (Å²) < 4.78 is 0. The van der Waals surface area contributed by atoms with Gasteiger partial charge in [0.25, 0.3) is 0 Å². The fourth-order valence-corrected chi connectivity index (χ4v) is 3.89. The predicted molar refractivity (Wildman–Crippen MR) is 129 cm³/mol. The second-order valence-electron chi connectivity index (χ2n) is 5.45. The first-order valence-electron chi connectivity index (χ1n) is 8.91. The molecule has 0 aliphatic carbocycles. The molecular formula is C21H24ClN3O3S2. The van der Waals surface area contributed by atoms with Crippen LogP contribution in [0.3, 0.4) is 0 Å². The first-order chi connectivity index (χ1) is 14.4. The Labute approximate surface area is 189 Å². The minimum atomic E-state index is -0.930. The number of aldehydes is 1. The Morgan fingerprint density at radius 1 is 1.20 bits per heavy atom. The van der Waals surface area contributed by atoms with Gasteiger partial charge in [-0.1, -0.05) is 37.6 Å². The van der Waals surface area contributed by atoms with Crippen molar-refractivity contribution in [2.75, 3.05) is 18.1 Å². The van der Waals surface area contributed by atoms with Crippen LogP contribution in [0.2, 0.25) is 5.02 Å². The number of benzene rings is 2. The van der Waals surface area contributed by atoms with Crippen molar-refractivity contribution >= 4 is 58.5 Å². The molecule has 2 aromatic carbocycles. The maximum Gasteiger partial charge on any atom is 0.339 e. The van der Waals surface area contributed by atoms with Gasteiger partial charge in [-0.3, -0.25) is 9.93 Å². The van der Waals surface area contributed by atoms with Crippen molar-refractivity contribution in [3.63, 3.8) is 0 Å². The monoisotopic (exact) mass is 465 g/mol. The molecule has 9 heteroatoms. The number of rotatable bonds is 5. The average Bonchev–Trinajstić information content (AvgIpc) is 3.21. The average molecular weight is 466 g/mol. The van der Waals surface area contributed by atoms with Gasteiger partial charge < -0.3 is 16.2 Å². The molecule has 1 heterocycles. The molecule has 0 saturated heterocycles. The van der Waals surface area contributed by atoms with E-state index in [1.807, 2.05) is 26.0 Å². The molecule has 0 atom stereocenters. The maximum absolute atomic E-state index is 11.2. The summed E-state index contributed by atoms with van der Waals surface area (Å²) in [6, 6.07) is 12.1. The van der Waals surface area contributed by atoms with Gasteiger partial charge in [0.1, 0.15) is 11.8 Å². The smallest absolute Gasteiger partial charge is 0.339 e. The van der Waals surface area contributed by atoms with Crippen LogP contribution >= 0.6 is 34.9 Å². The Kier molecular flexibility index (Phi) is 11.0. The van der Waals surface area contributed by atoms with Crippen molar-refractivity contribution < 1.29 is 14.7 Å². The highest BCUT2D eigenvalue weighted by molar-refractivity contribution is 7.97. The number of nitrogen functional groups attached to an aromatic ring is 1. The minimum Gasteiger partial charge on any atom is -0.478 e. The molecule has 0 amide bonds. The van der Waals surface area contributed by atoms with E-state index in [1.165, 1.54) is 11.3 Å². The topological polar surface area (TPSA) is 118 Å². The lowest BCUT2D eigenvalue weighted by Gasteiger charge is -2.03. The molecule has 0 aliphatic rings. The van der Waals surface area contributed by atoms with Gasteiger partial charge in [0.05, 0.1) is 10.6 Å². The van der Waals surface area contributed by atoms with E-state index in [9.17, 15) is 14.7 Å². The number of hydrogen-bond acceptors (Lipinski definition) is 7. The number of carbonyl (C=O) groups excluding carboxylic acids is 1. The molecule has 0 saturated carbocycles. The number of carbonyl (C=O) groups is 2. The fraction of sp³-hybridized carbons (Fsp3) is 0.143. The molecule has 0 radical (unpaired) electrons. The molecule has 0 unspecified atom stereocenters. The van der Waals surface area contributed by atoms with Crippen LogP contribution < -0.4 is 16.2 Å². The summed E-state index contributed by atoms with van der Waals surface area (Å²) in [6.45, 7) is 4.00. The van der Waals surface area contributed by atoms with Gasteiger partial charge in [-0.25, -0.2) is 4.79 Å². The number of carboxylic acid groups (broad SMARTS) is 1. The normalized spacial score (nSPS) is 9.50. The number of anilines is 2. The second kappa shape index (κ2) is 12.9. The lowest BCUT2D eigenvalue weighted by atomic mass is 10.1. The SMILES string of the molecule is CC.CNc1csc(-c2ccc(Cl)cc2)c1C(=O)O.NSc1cc(C=O)ccc1N. The highest BCUT2D eigenvalue weighted by Crippen LogP contribution is 2.36. The number of nitrogens with two attached hydrogens (primary N) is 2. The van der Waals surface area contributed by atoms with Crippen LogP contribution in [0.4, 0.5) is 11.4 Å². The van der Waals surface area contributed by atoms with E-state index in [-0.39, 0.29) is 0 Å². The molecule has 6 nitrogen and oxygen atoms in total. The van der Waals surface area contributed by atoms with E-state index >= 15 is 0 Å². The Morgan fingerprint density at radius 2 is 1.83 bits per heavy atom. The molecule has 160 valence electrons. The molecule has 0 bridgehead atoms. The highest BCUT2D eigenvalue weighted by Gasteiger charge is 2.18. The van der Waals surface area contributed by atoms with Gasteiger partial charge in [-0.2, -0.15) is 0 Å². The number of aromatic carboxylic acids is 1. The van der Waals surface area contributed by atoms with Crippen LogP contribution in [0.15, 0.2) is 52.7 Å². The van der Waals surface area contributed by atoms with E-state index < -0.39 is 5.97 Å². The lowest BCUT2D eigenvalue weighted by molar-refractivity contribution is 0.0699. The van der Waals surface area contributed by atoms with Crippen LogP contribution in [-0.4, -0.2) is 24.4 Å². The van der Waals surface area contributed by atoms with Crippen molar-refractivity contribution in [2.24, 2.45) is 5.14 Å². The van der Waals surface area contributed by atoms with E-state index in [2.05, 4.69) is 5.32 Å². The fourth-order valence-electron chi connectivity index (χ4n) is 2.29. The largest absolute Gasteiger partial charge is 0.478 e. The van der Waals surface area contributed by atoms with Crippen LogP contribution in [0.5, 0.6) is 0 Å². The molecule has 0 spiro atoms. The van der Waals surface area contributed by atoms with Crippen molar-refractivity contribution in [2.45, 2.75) is 18.7 Å². The first-order valence-corrected chi connectivity index (χ1v) is 11.0. The predicted octanol–water partition coefficient (Wildman–Crippen LogP) is 5.88. The summed E-state index contributed by atoms with van der Waals surface area (Å²) in [5.74, 6) is -0.930. The third kappa shape index (κ3) is 6.77. The number of thiophene rings is 1. The standard InChI is InChI=1S/C12H10ClNO2S.C7H8N2OS.C2H6/c1-14-9-6-17-11(10(9)12(15)16)7-2-4-8(13)5-3-7;8-6-2-1-5(4-10)3-7(6)11-9;1-2/h2-6,14H,1H3,(H,15,16);1-4H,8-9H2;1-2H3. The Morgan fingerprint density at radius 3 is 2.33 bits per heavy atom. The number of halogens is 1. The van der Waals surface area contributed by atoms with Crippen molar-refractivity contribution in [1.82, 2.24) is 0 Å². The zero-order chi connectivity index (χ0) is 22.7. The zero-order valence-electron chi connectivity index (χ0n) is 16.8. The Bertz CT molecular complexity index is 976. The molecule has 3 rings (SSSR count). The van der Waals surface area contributed by atoms with Crippen LogP contribution in [0.25, 0.3) is 10.4 Å². The summed E-state index contributed by atoms with van der Waals surface area (Å²) in [4.78, 5) is 23.0. The van der Waals surface area contributed by atoms with E-state index in [0.29, 0.717) is 27.5 Å². The van der Waals surface area contributed by atoms with Gasteiger partial charge in [0, 0.05) is 33.6 Å². The maximum atomic E-state index is 11.2. The van der Waals surface area contributed by atoms with Crippen molar-refractivity contribution in [3.8, 4) is 10.4 Å². The highest BCUT2D eigenvalue weighted by atomic mass is 35.5. The third-order valence-electron chi connectivity index (χ3n) is 3.68. The summed E-state index contributed by atoms with van der Waals surface area (Å²) in [5, 5.41) is 19.8. The molecule has 30 heavy (non-hydrogen) atoms. The summed E-state index contributed by atoms with van der Waals surface area (Å²) in [7, 11) is 1.71. The molecule has 0 fully saturated rings. The molecular weight excluding hydrogens is 442 g/mol. The van der Waals surface area contributed by atoms with Gasteiger partial charge in [0.2, 0.25) is 0 Å². The number of hydrogen-bond donors (Lipinski definition) is 4. The lowest BCUT2D eigenvalue weighted by Crippen LogP contribution is -2.01. The molecule has 6 N–H and O–H groups in total. The third-order valence-corrected chi connectivity index (χ3v) is 5.57. The Balaban J connectivity index is 0.000000300. The Hall–Kier alpha value is -2.52. The van der Waals surface area contributed by atoms with E-state index in [0.717, 1.165) is 33.6 Å². The van der Waals surface area contributed by atoms with Crippen LogP contribution in [-0.2, 0) is 0 Å². The summed E-state index contributed by atoms with van der Waals surface area (Å²) in [5.41, 5.74) is 8.52. The number of carboxylic acids is 1. The van der Waals surface area contributed by atoms with Gasteiger partial charge in [-0.05, 0) is 47.8 Å². The quantitative estimate of drug-likeness (QED) is 0.211. The minimum absolute atomic E-state index is 0.305. The van der Waals surface area contributed by atoms with Crippen molar-refractivity contribution in [3.05, 3.63) is 64.0 Å². The summed E-state index contributed by atoms with van der Waals surface area (Å²) >= 11 is 8.25. The van der Waals surface area contributed by atoms with Gasteiger partial charge in [0.15, 0.2) is 0 Å². The first kappa shape index (κ1) is 25.5. The van der Waals surface area contributed by atoms with Gasteiger partial charge in [-0.15, -0.1) is 11.3 Å². The van der Waals surface area contributed by atoms with Crippen LogP contribution in [0.1, 0.15) is 34.6 Å². The summed E-state index contributed by atoms with van der Waals surface area (Å²) in [6.07, 6.45) is 0.763. The molecule has 1 aromatic heterocycles. The zero-order valence-corrected chi connectivity index (χ0v) is 19.2.